The predicted octanol–water partition coefficient (Wildman–Crippen LogP) is 2.26. The number of phenolic OH excluding ortho intramolecular Hbond substituents is 1. The minimum atomic E-state index is -0.250. The minimum Gasteiger partial charge on any atom is -0.504 e. The number of phenols is 1. The van der Waals surface area contributed by atoms with Crippen LogP contribution in [0.3, 0.4) is 0 Å². The molecule has 0 bridgehead atoms. The standard InChI is InChI=1S/C18H19FN2O3/c19-14-5-1-2-6-15(14)20-9-11-21(12-10-20)18(23)13-24-17-8-4-3-7-16(17)22/h1-8,22H,9-13H2. The van der Waals surface area contributed by atoms with Crippen molar-refractivity contribution in [2.45, 2.75) is 0 Å². The topological polar surface area (TPSA) is 53.0 Å². The molecular formula is C18H19FN2O3. The van der Waals surface area contributed by atoms with Gasteiger partial charge in [-0.05, 0) is 24.3 Å². The molecule has 126 valence electrons. The van der Waals surface area contributed by atoms with Gasteiger partial charge in [-0.25, -0.2) is 4.39 Å². The van der Waals surface area contributed by atoms with Crippen molar-refractivity contribution in [2.75, 3.05) is 37.7 Å². The summed E-state index contributed by atoms with van der Waals surface area (Å²) in [7, 11) is 0. The van der Waals surface area contributed by atoms with Crippen LogP contribution in [0.2, 0.25) is 0 Å². The van der Waals surface area contributed by atoms with Crippen molar-refractivity contribution < 1.29 is 19.0 Å². The lowest BCUT2D eigenvalue weighted by atomic mass is 10.2. The van der Waals surface area contributed by atoms with Crippen LogP contribution in [0, 0.1) is 5.82 Å². The number of piperazine rings is 1. The van der Waals surface area contributed by atoms with Gasteiger partial charge in [0.1, 0.15) is 5.82 Å². The van der Waals surface area contributed by atoms with Gasteiger partial charge in [0.15, 0.2) is 18.1 Å². The summed E-state index contributed by atoms with van der Waals surface area (Å²) in [5, 5.41) is 9.63. The molecule has 1 aliphatic rings. The number of rotatable bonds is 4. The van der Waals surface area contributed by atoms with Crippen LogP contribution in [-0.4, -0.2) is 48.7 Å². The molecule has 24 heavy (non-hydrogen) atoms. The van der Waals surface area contributed by atoms with Crippen LogP contribution in [0.1, 0.15) is 0 Å². The highest BCUT2D eigenvalue weighted by Crippen LogP contribution is 2.24. The Morgan fingerprint density at radius 1 is 1.04 bits per heavy atom. The Morgan fingerprint density at radius 2 is 1.71 bits per heavy atom. The zero-order chi connectivity index (χ0) is 16.9. The van der Waals surface area contributed by atoms with Gasteiger partial charge in [-0.3, -0.25) is 4.79 Å². The van der Waals surface area contributed by atoms with Gasteiger partial charge in [-0.15, -0.1) is 0 Å². The number of halogens is 1. The van der Waals surface area contributed by atoms with Crippen LogP contribution in [0.15, 0.2) is 48.5 Å². The number of hydrogen-bond acceptors (Lipinski definition) is 4. The summed E-state index contributed by atoms with van der Waals surface area (Å²) in [5.74, 6) is -0.0999. The van der Waals surface area contributed by atoms with Gasteiger partial charge in [0.25, 0.3) is 5.91 Å². The van der Waals surface area contributed by atoms with E-state index in [4.69, 9.17) is 4.74 Å². The molecule has 3 rings (SSSR count). The van der Waals surface area contributed by atoms with Crippen molar-refractivity contribution in [3.63, 3.8) is 0 Å². The molecule has 5 nitrogen and oxygen atoms in total. The number of aromatic hydroxyl groups is 1. The lowest BCUT2D eigenvalue weighted by molar-refractivity contribution is -0.133. The first-order valence-electron chi connectivity index (χ1n) is 7.83. The summed E-state index contributed by atoms with van der Waals surface area (Å²) >= 11 is 0. The molecule has 1 heterocycles. The van der Waals surface area contributed by atoms with E-state index in [1.54, 1.807) is 41.3 Å². The van der Waals surface area contributed by atoms with Crippen molar-refractivity contribution >= 4 is 11.6 Å². The average Bonchev–Trinajstić information content (AvgIpc) is 2.61. The Kier molecular flexibility index (Phi) is 4.84. The lowest BCUT2D eigenvalue weighted by Gasteiger charge is -2.36. The molecular weight excluding hydrogens is 311 g/mol. The maximum atomic E-state index is 13.8. The third-order valence-corrected chi connectivity index (χ3v) is 4.04. The zero-order valence-electron chi connectivity index (χ0n) is 13.2. The molecule has 1 fully saturated rings. The fourth-order valence-electron chi connectivity index (χ4n) is 2.71. The Hall–Kier alpha value is -2.76. The summed E-state index contributed by atoms with van der Waals surface area (Å²) in [6, 6.07) is 13.2. The maximum Gasteiger partial charge on any atom is 0.260 e. The van der Waals surface area contributed by atoms with Crippen LogP contribution in [-0.2, 0) is 4.79 Å². The number of nitrogens with zero attached hydrogens (tertiary/aromatic N) is 2. The minimum absolute atomic E-state index is 0.00896. The highest BCUT2D eigenvalue weighted by molar-refractivity contribution is 5.78. The van der Waals surface area contributed by atoms with E-state index < -0.39 is 0 Å². The number of para-hydroxylation sites is 3. The number of carbonyl (C=O) groups excluding carboxylic acids is 1. The Bertz CT molecular complexity index is 715. The van der Waals surface area contributed by atoms with Crippen molar-refractivity contribution in [1.82, 2.24) is 4.90 Å². The van der Waals surface area contributed by atoms with E-state index in [9.17, 15) is 14.3 Å². The van der Waals surface area contributed by atoms with E-state index >= 15 is 0 Å². The fourth-order valence-corrected chi connectivity index (χ4v) is 2.71. The summed E-state index contributed by atoms with van der Waals surface area (Å²) in [5.41, 5.74) is 0.565. The van der Waals surface area contributed by atoms with E-state index in [-0.39, 0.29) is 29.8 Å². The van der Waals surface area contributed by atoms with E-state index in [2.05, 4.69) is 0 Å². The maximum absolute atomic E-state index is 13.8. The molecule has 1 amide bonds. The molecule has 0 saturated carbocycles. The number of anilines is 1. The van der Waals surface area contributed by atoms with Gasteiger partial charge in [0, 0.05) is 26.2 Å². The number of benzene rings is 2. The second-order valence-electron chi connectivity index (χ2n) is 5.58. The fraction of sp³-hybridized carbons (Fsp3) is 0.278. The van der Waals surface area contributed by atoms with Crippen LogP contribution in [0.25, 0.3) is 0 Å². The largest absolute Gasteiger partial charge is 0.504 e. The molecule has 1 N–H and O–H groups in total. The summed E-state index contributed by atoms with van der Waals surface area (Å²) < 4.78 is 19.2. The van der Waals surface area contributed by atoms with Gasteiger partial charge < -0.3 is 19.6 Å². The molecule has 2 aromatic rings. The zero-order valence-corrected chi connectivity index (χ0v) is 13.2. The number of ether oxygens (including phenoxy) is 1. The van der Waals surface area contributed by atoms with E-state index in [0.717, 1.165) is 0 Å². The van der Waals surface area contributed by atoms with E-state index in [1.807, 2.05) is 4.90 Å². The molecule has 0 aromatic heterocycles. The summed E-state index contributed by atoms with van der Waals surface area (Å²) in [6.45, 7) is 2.04. The first-order chi connectivity index (χ1) is 11.6. The Labute approximate surface area is 139 Å². The van der Waals surface area contributed by atoms with Crippen LogP contribution in [0.5, 0.6) is 11.5 Å². The molecule has 0 atom stereocenters. The molecule has 1 aliphatic heterocycles. The second kappa shape index (κ2) is 7.21. The highest BCUT2D eigenvalue weighted by atomic mass is 19.1. The van der Waals surface area contributed by atoms with Crippen LogP contribution >= 0.6 is 0 Å². The molecule has 1 saturated heterocycles. The lowest BCUT2D eigenvalue weighted by Crippen LogP contribution is -2.50. The van der Waals surface area contributed by atoms with Crippen molar-refractivity contribution in [1.29, 1.82) is 0 Å². The quantitative estimate of drug-likeness (QED) is 0.934. The molecule has 0 aliphatic carbocycles. The SMILES string of the molecule is O=C(COc1ccccc1O)N1CCN(c2ccccc2F)CC1. The smallest absolute Gasteiger partial charge is 0.260 e. The third kappa shape index (κ3) is 3.59. The second-order valence-corrected chi connectivity index (χ2v) is 5.58. The molecule has 0 unspecified atom stereocenters. The Morgan fingerprint density at radius 3 is 2.42 bits per heavy atom. The predicted molar refractivity (Wildman–Crippen MR) is 88.8 cm³/mol. The summed E-state index contributed by atoms with van der Waals surface area (Å²) in [6.07, 6.45) is 0. The molecule has 0 radical (unpaired) electrons. The molecule has 6 heteroatoms. The van der Waals surface area contributed by atoms with Crippen LogP contribution < -0.4 is 9.64 Å². The first kappa shape index (κ1) is 16.1. The average molecular weight is 330 g/mol. The number of carbonyl (C=O) groups is 1. The monoisotopic (exact) mass is 330 g/mol. The highest BCUT2D eigenvalue weighted by Gasteiger charge is 2.23. The van der Waals surface area contributed by atoms with Gasteiger partial charge in [0.05, 0.1) is 5.69 Å². The third-order valence-electron chi connectivity index (χ3n) is 4.04. The van der Waals surface area contributed by atoms with Crippen molar-refractivity contribution in [3.8, 4) is 11.5 Å². The number of amides is 1. The van der Waals surface area contributed by atoms with Gasteiger partial charge in [-0.1, -0.05) is 24.3 Å². The van der Waals surface area contributed by atoms with Crippen molar-refractivity contribution in [3.05, 3.63) is 54.3 Å². The molecule has 2 aromatic carbocycles. The van der Waals surface area contributed by atoms with E-state index in [0.29, 0.717) is 31.9 Å². The van der Waals surface area contributed by atoms with Gasteiger partial charge in [-0.2, -0.15) is 0 Å². The first-order valence-corrected chi connectivity index (χ1v) is 7.83. The van der Waals surface area contributed by atoms with Gasteiger partial charge in [0.2, 0.25) is 0 Å². The van der Waals surface area contributed by atoms with Crippen molar-refractivity contribution in [2.24, 2.45) is 0 Å². The normalized spacial score (nSPS) is 14.5. The Balaban J connectivity index is 1.52. The number of hydrogen-bond donors (Lipinski definition) is 1. The van der Waals surface area contributed by atoms with Crippen LogP contribution in [0.4, 0.5) is 10.1 Å². The van der Waals surface area contributed by atoms with Gasteiger partial charge >= 0.3 is 0 Å². The molecule has 0 spiro atoms. The van der Waals surface area contributed by atoms with E-state index in [1.165, 1.54) is 12.1 Å². The summed E-state index contributed by atoms with van der Waals surface area (Å²) in [4.78, 5) is 15.8.